The normalized spacial score (nSPS) is 22.1. The van der Waals surface area contributed by atoms with Crippen molar-refractivity contribution in [2.24, 2.45) is 0 Å². The summed E-state index contributed by atoms with van der Waals surface area (Å²) in [7, 11) is -3.19. The summed E-state index contributed by atoms with van der Waals surface area (Å²) in [6, 6.07) is 10.2. The van der Waals surface area contributed by atoms with Gasteiger partial charge in [0.15, 0.2) is 0 Å². The van der Waals surface area contributed by atoms with Crippen molar-refractivity contribution in [2.75, 3.05) is 25.4 Å². The third-order valence-electron chi connectivity index (χ3n) is 4.10. The molecule has 1 fully saturated rings. The number of rotatable bonds is 6. The van der Waals surface area contributed by atoms with Gasteiger partial charge >= 0.3 is 0 Å². The van der Waals surface area contributed by atoms with Crippen LogP contribution in [-0.4, -0.2) is 44.2 Å². The number of hydrogen-bond donors (Lipinski definition) is 1. The van der Waals surface area contributed by atoms with E-state index in [1.165, 1.54) is 0 Å². The second-order valence-electron chi connectivity index (χ2n) is 5.85. The number of nitrogens with one attached hydrogen (secondary N) is 1. The molecular weight excluding hydrogens is 284 g/mol. The lowest BCUT2D eigenvalue weighted by Gasteiger charge is -2.33. The molecule has 0 aromatic heterocycles. The fourth-order valence-corrected chi connectivity index (χ4v) is 4.80. The Labute approximate surface area is 128 Å². The largest absolute Gasteiger partial charge is 0.313 e. The van der Waals surface area contributed by atoms with Crippen LogP contribution in [0.3, 0.4) is 0 Å². The highest BCUT2D eigenvalue weighted by Crippen LogP contribution is 2.21. The molecule has 118 valence electrons. The lowest BCUT2D eigenvalue weighted by Crippen LogP contribution is -2.48. The van der Waals surface area contributed by atoms with E-state index in [0.717, 1.165) is 24.9 Å². The predicted molar refractivity (Wildman–Crippen MR) is 86.9 cm³/mol. The van der Waals surface area contributed by atoms with E-state index in [0.29, 0.717) is 19.1 Å². The molecule has 0 radical (unpaired) electrons. The predicted octanol–water partition coefficient (Wildman–Crippen LogP) is 2.19. The van der Waals surface area contributed by atoms with Crippen LogP contribution >= 0.6 is 0 Å². The van der Waals surface area contributed by atoms with Crippen LogP contribution in [0.4, 0.5) is 0 Å². The quantitative estimate of drug-likeness (QED) is 0.876. The fourth-order valence-electron chi connectivity index (χ4n) is 2.95. The smallest absolute Gasteiger partial charge is 0.214 e. The third kappa shape index (κ3) is 4.53. The van der Waals surface area contributed by atoms with Crippen LogP contribution < -0.4 is 5.32 Å². The van der Waals surface area contributed by atoms with E-state index in [4.69, 9.17) is 0 Å². The van der Waals surface area contributed by atoms with Gasteiger partial charge in [-0.2, -0.15) is 0 Å². The first-order valence-corrected chi connectivity index (χ1v) is 9.40. The minimum Gasteiger partial charge on any atom is -0.313 e. The number of nitrogens with zero attached hydrogens (tertiary/aromatic N) is 1. The summed E-state index contributed by atoms with van der Waals surface area (Å²) in [6.45, 7) is 6.20. The molecule has 0 spiro atoms. The molecule has 0 bridgehead atoms. The lowest BCUT2D eigenvalue weighted by molar-refractivity contribution is 0.286. The van der Waals surface area contributed by atoms with E-state index in [-0.39, 0.29) is 11.7 Å². The zero-order valence-electron chi connectivity index (χ0n) is 13.0. The summed E-state index contributed by atoms with van der Waals surface area (Å²) in [5.74, 6) is 0.214. The molecule has 1 heterocycles. The van der Waals surface area contributed by atoms with Crippen LogP contribution in [0.1, 0.15) is 38.2 Å². The van der Waals surface area contributed by atoms with E-state index in [1.54, 1.807) is 4.31 Å². The maximum atomic E-state index is 12.6. The Morgan fingerprint density at radius 2 is 2.05 bits per heavy atom. The van der Waals surface area contributed by atoms with Crippen LogP contribution in [0.25, 0.3) is 0 Å². The van der Waals surface area contributed by atoms with Crippen molar-refractivity contribution in [2.45, 2.75) is 38.6 Å². The Morgan fingerprint density at radius 3 is 2.71 bits per heavy atom. The van der Waals surface area contributed by atoms with Crippen LogP contribution in [0.2, 0.25) is 0 Å². The second-order valence-corrected chi connectivity index (χ2v) is 7.86. The van der Waals surface area contributed by atoms with Gasteiger partial charge in [0.25, 0.3) is 0 Å². The fraction of sp³-hybridized carbons (Fsp3) is 0.625. The van der Waals surface area contributed by atoms with Gasteiger partial charge in [-0.05, 0) is 30.9 Å². The van der Waals surface area contributed by atoms with Crippen molar-refractivity contribution in [3.8, 4) is 0 Å². The first-order valence-electron chi connectivity index (χ1n) is 7.79. The van der Waals surface area contributed by atoms with Crippen molar-refractivity contribution >= 4 is 10.0 Å². The first kappa shape index (κ1) is 16.5. The van der Waals surface area contributed by atoms with Crippen LogP contribution in [0, 0.1) is 0 Å². The van der Waals surface area contributed by atoms with E-state index >= 15 is 0 Å². The van der Waals surface area contributed by atoms with Gasteiger partial charge < -0.3 is 5.32 Å². The van der Waals surface area contributed by atoms with E-state index in [2.05, 4.69) is 12.2 Å². The van der Waals surface area contributed by atoms with E-state index < -0.39 is 10.0 Å². The Balaban J connectivity index is 2.01. The Hall–Kier alpha value is -0.910. The molecule has 2 unspecified atom stereocenters. The zero-order chi connectivity index (χ0) is 15.3. The molecule has 21 heavy (non-hydrogen) atoms. The summed E-state index contributed by atoms with van der Waals surface area (Å²) in [5.41, 5.74) is 1.08. The number of piperidine rings is 1. The molecule has 1 aromatic rings. The van der Waals surface area contributed by atoms with E-state index in [9.17, 15) is 8.42 Å². The molecule has 1 saturated heterocycles. The molecular formula is C16H26N2O2S. The monoisotopic (exact) mass is 310 g/mol. The Kier molecular flexibility index (Phi) is 5.79. The summed E-state index contributed by atoms with van der Waals surface area (Å²) < 4.78 is 26.9. The van der Waals surface area contributed by atoms with Crippen LogP contribution in [0.5, 0.6) is 0 Å². The van der Waals surface area contributed by atoms with Crippen LogP contribution in [-0.2, 0) is 10.0 Å². The molecule has 4 nitrogen and oxygen atoms in total. The topological polar surface area (TPSA) is 49.4 Å². The number of sulfonamides is 1. The van der Waals surface area contributed by atoms with Crippen molar-refractivity contribution in [3.63, 3.8) is 0 Å². The molecule has 0 aliphatic carbocycles. The van der Waals surface area contributed by atoms with Crippen molar-refractivity contribution in [1.82, 2.24) is 9.62 Å². The van der Waals surface area contributed by atoms with Gasteiger partial charge in [-0.1, -0.05) is 44.2 Å². The molecule has 0 amide bonds. The first-order chi connectivity index (χ1) is 10.0. The van der Waals surface area contributed by atoms with Gasteiger partial charge in [-0.15, -0.1) is 0 Å². The molecule has 1 aliphatic rings. The highest BCUT2D eigenvalue weighted by molar-refractivity contribution is 7.89. The molecule has 2 rings (SSSR count). The Morgan fingerprint density at radius 1 is 1.33 bits per heavy atom. The molecule has 1 aromatic carbocycles. The minimum absolute atomic E-state index is 0.0238. The average Bonchev–Trinajstić information content (AvgIpc) is 2.48. The second kappa shape index (κ2) is 7.38. The molecule has 5 heteroatoms. The van der Waals surface area contributed by atoms with Gasteiger partial charge in [0, 0.05) is 19.1 Å². The molecule has 2 atom stereocenters. The van der Waals surface area contributed by atoms with Crippen molar-refractivity contribution in [3.05, 3.63) is 35.9 Å². The number of likely N-dealkylation sites (N-methyl/N-ethyl adjacent to an activating group) is 1. The van der Waals surface area contributed by atoms with Gasteiger partial charge in [0.2, 0.25) is 10.0 Å². The van der Waals surface area contributed by atoms with Crippen molar-refractivity contribution in [1.29, 1.82) is 0 Å². The summed E-state index contributed by atoms with van der Waals surface area (Å²) in [6.07, 6.45) is 2.00. The highest BCUT2D eigenvalue weighted by Gasteiger charge is 2.29. The summed E-state index contributed by atoms with van der Waals surface area (Å²) in [5, 5.41) is 3.37. The SMILES string of the molecule is CCNC1CCCN(S(=O)(=O)CC(C)c2ccccc2)C1. The molecule has 0 saturated carbocycles. The average molecular weight is 310 g/mol. The highest BCUT2D eigenvalue weighted by atomic mass is 32.2. The van der Waals surface area contributed by atoms with Gasteiger partial charge in [-0.3, -0.25) is 0 Å². The number of hydrogen-bond acceptors (Lipinski definition) is 3. The van der Waals surface area contributed by atoms with Crippen LogP contribution in [0.15, 0.2) is 30.3 Å². The van der Waals surface area contributed by atoms with Gasteiger partial charge in [-0.25, -0.2) is 12.7 Å². The maximum absolute atomic E-state index is 12.6. The zero-order valence-corrected chi connectivity index (χ0v) is 13.8. The van der Waals surface area contributed by atoms with Gasteiger partial charge in [0.1, 0.15) is 0 Å². The lowest BCUT2D eigenvalue weighted by atomic mass is 10.0. The maximum Gasteiger partial charge on any atom is 0.214 e. The molecule has 1 aliphatic heterocycles. The van der Waals surface area contributed by atoms with Gasteiger partial charge in [0.05, 0.1) is 5.75 Å². The van der Waals surface area contributed by atoms with E-state index in [1.807, 2.05) is 37.3 Å². The van der Waals surface area contributed by atoms with Crippen molar-refractivity contribution < 1.29 is 8.42 Å². The standard InChI is InChI=1S/C16H26N2O2S/c1-3-17-16-10-7-11-18(12-16)21(19,20)13-14(2)15-8-5-4-6-9-15/h4-6,8-9,14,16-17H,3,7,10-13H2,1-2H3. The molecule has 1 N–H and O–H groups in total. The third-order valence-corrected chi connectivity index (χ3v) is 6.14. The summed E-state index contributed by atoms with van der Waals surface area (Å²) in [4.78, 5) is 0. The minimum atomic E-state index is -3.19. The number of benzene rings is 1. The Bertz CT molecular complexity index is 528. The summed E-state index contributed by atoms with van der Waals surface area (Å²) >= 11 is 0.